The van der Waals surface area contributed by atoms with E-state index in [9.17, 15) is 35.9 Å². The molecule has 3 unspecified atom stereocenters. The summed E-state index contributed by atoms with van der Waals surface area (Å²) in [6, 6.07) is 1.17. The van der Waals surface area contributed by atoms with Crippen LogP contribution in [0.1, 0.15) is 63.5 Å². The van der Waals surface area contributed by atoms with E-state index in [1.54, 1.807) is 6.08 Å². The number of benzene rings is 1. The Labute approximate surface area is 211 Å². The number of ketones is 1. The molecule has 0 spiro atoms. The molecule has 3 aliphatic carbocycles. The second-order valence-corrected chi connectivity index (χ2v) is 11.7. The fraction of sp³-hybridized carbons (Fsp3) is 0.630. The number of anilines is 1. The number of hydrogen-bond acceptors (Lipinski definition) is 3. The molecule has 2 N–H and O–H groups in total. The molecule has 202 valence electrons. The van der Waals surface area contributed by atoms with Gasteiger partial charge in [0.2, 0.25) is 5.91 Å². The molecule has 1 aliphatic heterocycles. The van der Waals surface area contributed by atoms with Gasteiger partial charge in [-0.25, -0.2) is 0 Å². The predicted molar refractivity (Wildman–Crippen MR) is 124 cm³/mol. The third-order valence-corrected chi connectivity index (χ3v) is 9.77. The van der Waals surface area contributed by atoms with Crippen molar-refractivity contribution < 1.29 is 35.9 Å². The van der Waals surface area contributed by atoms with Crippen molar-refractivity contribution in [1.29, 1.82) is 0 Å². The highest BCUT2D eigenvalue weighted by atomic mass is 19.4. The van der Waals surface area contributed by atoms with Gasteiger partial charge in [0.15, 0.2) is 5.78 Å². The first-order valence-electron chi connectivity index (χ1n) is 12.7. The molecule has 1 amide bonds. The minimum Gasteiger partial charge on any atom is -0.387 e. The Hall–Kier alpha value is -2.52. The summed E-state index contributed by atoms with van der Waals surface area (Å²) in [5.41, 5.74) is -2.96. The molecular weight excluding hydrogens is 498 g/mol. The normalized spacial score (nSPS) is 35.6. The van der Waals surface area contributed by atoms with E-state index in [4.69, 9.17) is 0 Å². The van der Waals surface area contributed by atoms with Crippen LogP contribution in [-0.2, 0) is 21.9 Å². The number of rotatable bonds is 2. The van der Waals surface area contributed by atoms with Gasteiger partial charge < -0.3 is 10.6 Å². The molecule has 1 aromatic rings. The van der Waals surface area contributed by atoms with E-state index < -0.39 is 46.4 Å². The minimum absolute atomic E-state index is 0.0576. The van der Waals surface area contributed by atoms with Gasteiger partial charge in [0.05, 0.1) is 11.1 Å². The van der Waals surface area contributed by atoms with Crippen LogP contribution in [0, 0.1) is 34.5 Å². The van der Waals surface area contributed by atoms with Crippen molar-refractivity contribution in [2.45, 2.75) is 64.7 Å². The summed E-state index contributed by atoms with van der Waals surface area (Å²) < 4.78 is 79.7. The van der Waals surface area contributed by atoms with Crippen molar-refractivity contribution in [3.05, 3.63) is 41.1 Å². The first-order valence-corrected chi connectivity index (χ1v) is 12.7. The van der Waals surface area contributed by atoms with Crippen LogP contribution in [0.25, 0.3) is 0 Å². The molecular formula is C27H30F6N2O2. The van der Waals surface area contributed by atoms with Crippen LogP contribution < -0.4 is 10.6 Å². The molecule has 37 heavy (non-hydrogen) atoms. The first kappa shape index (κ1) is 26.1. The number of alkyl halides is 6. The van der Waals surface area contributed by atoms with Crippen molar-refractivity contribution in [2.24, 2.45) is 34.5 Å². The van der Waals surface area contributed by atoms with Gasteiger partial charge in [-0.3, -0.25) is 9.59 Å². The van der Waals surface area contributed by atoms with E-state index in [0.29, 0.717) is 37.4 Å². The summed E-state index contributed by atoms with van der Waals surface area (Å²) in [6.45, 7) is 4.93. The summed E-state index contributed by atoms with van der Waals surface area (Å²) in [7, 11) is 0. The number of amides is 1. The molecule has 6 atom stereocenters. The monoisotopic (exact) mass is 528 g/mol. The van der Waals surface area contributed by atoms with Crippen LogP contribution in [-0.4, -0.2) is 18.2 Å². The largest absolute Gasteiger partial charge is 0.416 e. The molecule has 0 radical (unpaired) electrons. The highest BCUT2D eigenvalue weighted by molar-refractivity contribution is 5.93. The molecule has 1 heterocycles. The van der Waals surface area contributed by atoms with E-state index in [1.165, 1.54) is 0 Å². The van der Waals surface area contributed by atoms with Gasteiger partial charge >= 0.3 is 12.4 Å². The summed E-state index contributed by atoms with van der Waals surface area (Å²) >= 11 is 0. The van der Waals surface area contributed by atoms with Crippen molar-refractivity contribution in [2.75, 3.05) is 11.9 Å². The fourth-order valence-corrected chi connectivity index (χ4v) is 7.83. The molecule has 2 saturated carbocycles. The van der Waals surface area contributed by atoms with E-state index in [0.717, 1.165) is 31.4 Å². The Kier molecular flexibility index (Phi) is 5.99. The zero-order valence-corrected chi connectivity index (χ0v) is 20.7. The van der Waals surface area contributed by atoms with Crippen molar-refractivity contribution in [1.82, 2.24) is 5.32 Å². The molecule has 1 aromatic carbocycles. The van der Waals surface area contributed by atoms with Crippen LogP contribution in [0.3, 0.4) is 0 Å². The van der Waals surface area contributed by atoms with Crippen LogP contribution >= 0.6 is 0 Å². The zero-order chi connectivity index (χ0) is 27.0. The van der Waals surface area contributed by atoms with E-state index in [2.05, 4.69) is 17.6 Å². The molecule has 0 bridgehead atoms. The van der Waals surface area contributed by atoms with Gasteiger partial charge in [0.1, 0.15) is 0 Å². The SMILES string of the molecule is C[C@]12CCC(=O)C=C1NCC1C2CC[C@@]2(C)C1CC[C@@H]2C(=O)Nc1cc(C(F)(F)F)cc(C(F)(F)F)c1. The Balaban J connectivity index is 1.38. The maximum absolute atomic E-state index is 13.3. The fourth-order valence-electron chi connectivity index (χ4n) is 7.83. The minimum atomic E-state index is -4.98. The van der Waals surface area contributed by atoms with Crippen molar-refractivity contribution in [3.8, 4) is 0 Å². The number of halogens is 6. The molecule has 5 rings (SSSR count). The number of carbonyl (C=O) groups is 2. The number of fused-ring (bicyclic) bond motifs is 5. The standard InChI is InChI=1S/C27H30F6N2O2/c1-24-8-6-20-18(13-34-22-12-17(36)5-7-25(20,22)2)19(24)3-4-21(24)23(37)35-16-10-14(26(28,29)30)9-15(11-16)27(31,32)33/h9-12,18-21,34H,3-8,13H2,1-2H3,(H,35,37)/t18?,19?,20?,21-,24+,25-/m1/s1. The van der Waals surface area contributed by atoms with E-state index in [1.807, 2.05) is 6.92 Å². The summed E-state index contributed by atoms with van der Waals surface area (Å²) in [5, 5.41) is 5.87. The number of carbonyl (C=O) groups excluding carboxylic acids is 2. The van der Waals surface area contributed by atoms with Crippen molar-refractivity contribution in [3.63, 3.8) is 0 Å². The van der Waals surface area contributed by atoms with Gasteiger partial charge in [-0.2, -0.15) is 26.3 Å². The van der Waals surface area contributed by atoms with Gasteiger partial charge in [-0.1, -0.05) is 13.8 Å². The van der Waals surface area contributed by atoms with Gasteiger partial charge in [0, 0.05) is 41.8 Å². The van der Waals surface area contributed by atoms with Crippen molar-refractivity contribution >= 4 is 17.4 Å². The van der Waals surface area contributed by atoms with E-state index in [-0.39, 0.29) is 29.1 Å². The number of allylic oxidation sites excluding steroid dienone is 2. The molecule has 4 nitrogen and oxygen atoms in total. The lowest BCUT2D eigenvalue weighted by atomic mass is 9.50. The Bertz CT molecular complexity index is 1130. The number of piperidine rings is 1. The second-order valence-electron chi connectivity index (χ2n) is 11.7. The maximum atomic E-state index is 13.3. The quantitative estimate of drug-likeness (QED) is 0.427. The zero-order valence-electron chi connectivity index (χ0n) is 20.7. The smallest absolute Gasteiger partial charge is 0.387 e. The highest BCUT2D eigenvalue weighted by Crippen LogP contribution is 2.64. The molecule has 3 fully saturated rings. The van der Waals surface area contributed by atoms with Gasteiger partial charge in [-0.15, -0.1) is 0 Å². The lowest BCUT2D eigenvalue weighted by Gasteiger charge is -2.58. The Morgan fingerprint density at radius 3 is 2.22 bits per heavy atom. The third-order valence-electron chi connectivity index (χ3n) is 9.77. The molecule has 1 saturated heterocycles. The van der Waals surface area contributed by atoms with E-state index >= 15 is 0 Å². The lowest BCUT2D eigenvalue weighted by molar-refractivity contribution is -0.143. The average Bonchev–Trinajstić information content (AvgIpc) is 3.15. The van der Waals surface area contributed by atoms with Crippen LogP contribution in [0.15, 0.2) is 30.0 Å². The van der Waals surface area contributed by atoms with Crippen LogP contribution in [0.4, 0.5) is 32.0 Å². The topological polar surface area (TPSA) is 58.2 Å². The van der Waals surface area contributed by atoms with Gasteiger partial charge in [-0.05, 0) is 73.5 Å². The second kappa shape index (κ2) is 8.50. The maximum Gasteiger partial charge on any atom is 0.416 e. The number of hydrogen-bond donors (Lipinski definition) is 2. The molecule has 4 aliphatic rings. The third kappa shape index (κ3) is 4.34. The Morgan fingerprint density at radius 1 is 0.946 bits per heavy atom. The summed E-state index contributed by atoms with van der Waals surface area (Å²) in [6.07, 6.45) is -4.07. The molecule has 0 aromatic heterocycles. The van der Waals surface area contributed by atoms with Crippen LogP contribution in [0.2, 0.25) is 0 Å². The summed E-state index contributed by atoms with van der Waals surface area (Å²) in [5.74, 6) is -0.101. The predicted octanol–water partition coefficient (Wildman–Crippen LogP) is 6.58. The highest BCUT2D eigenvalue weighted by Gasteiger charge is 2.60. The molecule has 10 heteroatoms. The summed E-state index contributed by atoms with van der Waals surface area (Å²) in [4.78, 5) is 25.3. The van der Waals surface area contributed by atoms with Gasteiger partial charge in [0.25, 0.3) is 0 Å². The number of nitrogens with one attached hydrogen (secondary N) is 2. The first-order chi connectivity index (χ1) is 17.1. The van der Waals surface area contributed by atoms with Crippen LogP contribution in [0.5, 0.6) is 0 Å². The average molecular weight is 529 g/mol. The Morgan fingerprint density at radius 2 is 1.59 bits per heavy atom. The lowest BCUT2D eigenvalue weighted by Crippen LogP contribution is -2.57.